The topological polar surface area (TPSA) is 145 Å². The van der Waals surface area contributed by atoms with E-state index in [0.717, 1.165) is 4.90 Å². The summed E-state index contributed by atoms with van der Waals surface area (Å²) >= 11 is 0. The Bertz CT molecular complexity index is 1370. The minimum atomic E-state index is -1.15. The molecular formula is C26H23N3O8. The first-order chi connectivity index (χ1) is 17.7. The molecule has 2 heterocycles. The molecule has 2 aliphatic heterocycles. The predicted molar refractivity (Wildman–Crippen MR) is 129 cm³/mol. The zero-order valence-electron chi connectivity index (χ0n) is 20.3. The van der Waals surface area contributed by atoms with E-state index >= 15 is 0 Å². The van der Waals surface area contributed by atoms with Gasteiger partial charge < -0.3 is 14.8 Å². The van der Waals surface area contributed by atoms with Crippen molar-refractivity contribution in [1.82, 2.24) is 10.2 Å². The Labute approximate surface area is 211 Å². The molecule has 2 aromatic carbocycles. The summed E-state index contributed by atoms with van der Waals surface area (Å²) in [5.41, 5.74) is 1.07. The Morgan fingerprint density at radius 2 is 1.49 bits per heavy atom. The normalized spacial score (nSPS) is 16.9. The van der Waals surface area contributed by atoms with Gasteiger partial charge in [0.1, 0.15) is 6.61 Å². The van der Waals surface area contributed by atoms with Gasteiger partial charge in [0.15, 0.2) is 0 Å². The van der Waals surface area contributed by atoms with Gasteiger partial charge in [-0.3, -0.25) is 24.6 Å². The van der Waals surface area contributed by atoms with Crippen LogP contribution in [0.1, 0.15) is 46.0 Å². The molecule has 2 aromatic rings. The molecule has 0 spiro atoms. The summed E-state index contributed by atoms with van der Waals surface area (Å²) in [5.74, 6) is -3.76. The first-order valence-corrected chi connectivity index (χ1v) is 11.3. The minimum absolute atomic E-state index is 0.0229. The van der Waals surface area contributed by atoms with Crippen molar-refractivity contribution >= 4 is 29.4 Å². The molecule has 0 fully saturated rings. The molecule has 11 heteroatoms. The number of benzene rings is 2. The van der Waals surface area contributed by atoms with Crippen molar-refractivity contribution in [3.63, 3.8) is 0 Å². The van der Waals surface area contributed by atoms with Gasteiger partial charge in [-0.1, -0.05) is 30.3 Å². The van der Waals surface area contributed by atoms with Crippen LogP contribution in [0.4, 0.5) is 5.69 Å². The van der Waals surface area contributed by atoms with E-state index in [1.54, 1.807) is 44.2 Å². The standard InChI is InChI=1S/C26H23N3O8/c1-14-20(25(32)36-3)22(18-10-6-7-11-19(18)29(34)35)21(15(2)27-14)26(33)37-13-12-28-23(30)16-8-4-5-9-17(16)24(28)31/h4-11,22,27H,12-13H2,1-3H3. The molecular weight excluding hydrogens is 482 g/mol. The molecule has 37 heavy (non-hydrogen) atoms. The van der Waals surface area contributed by atoms with Crippen LogP contribution in [0.2, 0.25) is 0 Å². The molecule has 0 radical (unpaired) electrons. The van der Waals surface area contributed by atoms with Crippen LogP contribution in [0.15, 0.2) is 71.1 Å². The smallest absolute Gasteiger partial charge is 0.336 e. The van der Waals surface area contributed by atoms with Crippen LogP contribution < -0.4 is 5.32 Å². The lowest BCUT2D eigenvalue weighted by molar-refractivity contribution is -0.385. The van der Waals surface area contributed by atoms with E-state index < -0.39 is 34.6 Å². The quantitative estimate of drug-likeness (QED) is 0.260. The number of imide groups is 1. The van der Waals surface area contributed by atoms with Crippen molar-refractivity contribution in [2.45, 2.75) is 19.8 Å². The van der Waals surface area contributed by atoms with Crippen molar-refractivity contribution in [3.05, 3.63) is 97.9 Å². The summed E-state index contributed by atoms with van der Waals surface area (Å²) in [7, 11) is 1.17. The summed E-state index contributed by atoms with van der Waals surface area (Å²) in [6, 6.07) is 12.2. The first-order valence-electron chi connectivity index (χ1n) is 11.3. The van der Waals surface area contributed by atoms with Crippen molar-refractivity contribution in [2.75, 3.05) is 20.3 Å². The highest BCUT2D eigenvalue weighted by atomic mass is 16.6. The fraction of sp³-hybridized carbons (Fsp3) is 0.231. The lowest BCUT2D eigenvalue weighted by Gasteiger charge is -2.30. The van der Waals surface area contributed by atoms with Gasteiger partial charge >= 0.3 is 11.9 Å². The fourth-order valence-electron chi connectivity index (χ4n) is 4.60. The van der Waals surface area contributed by atoms with Crippen molar-refractivity contribution in [3.8, 4) is 0 Å². The second-order valence-corrected chi connectivity index (χ2v) is 8.39. The lowest BCUT2D eigenvalue weighted by Crippen LogP contribution is -2.35. The third-order valence-corrected chi connectivity index (χ3v) is 6.26. The molecule has 4 rings (SSSR count). The maximum absolute atomic E-state index is 13.3. The Kier molecular flexibility index (Phi) is 6.87. The Balaban J connectivity index is 1.62. The van der Waals surface area contributed by atoms with E-state index in [-0.39, 0.29) is 46.7 Å². The largest absolute Gasteiger partial charge is 0.466 e. The highest BCUT2D eigenvalue weighted by Gasteiger charge is 2.41. The van der Waals surface area contributed by atoms with Gasteiger partial charge in [0.2, 0.25) is 0 Å². The van der Waals surface area contributed by atoms with Crippen LogP contribution in [-0.2, 0) is 19.1 Å². The van der Waals surface area contributed by atoms with E-state index in [1.807, 2.05) is 0 Å². The van der Waals surface area contributed by atoms with E-state index in [1.165, 1.54) is 25.3 Å². The number of nitrogens with one attached hydrogen (secondary N) is 1. The van der Waals surface area contributed by atoms with Crippen LogP contribution in [0.25, 0.3) is 0 Å². The second-order valence-electron chi connectivity index (χ2n) is 8.39. The van der Waals surface area contributed by atoms with Crippen molar-refractivity contribution < 1.29 is 33.6 Å². The van der Waals surface area contributed by atoms with Gasteiger partial charge in [-0.2, -0.15) is 0 Å². The average Bonchev–Trinajstić information content (AvgIpc) is 3.12. The molecule has 1 atom stereocenters. The van der Waals surface area contributed by atoms with Gasteiger partial charge in [0.25, 0.3) is 17.5 Å². The van der Waals surface area contributed by atoms with Crippen LogP contribution in [0.3, 0.4) is 0 Å². The predicted octanol–water partition coefficient (Wildman–Crippen LogP) is 2.84. The number of carbonyl (C=O) groups is 4. The summed E-state index contributed by atoms with van der Waals surface area (Å²) in [5, 5.41) is 14.7. The SMILES string of the molecule is COC(=O)C1=C(C)NC(C)=C(C(=O)OCCN2C(=O)c3ccccc3C2=O)C1c1ccccc1[N+](=O)[O-]. The van der Waals surface area contributed by atoms with Gasteiger partial charge in [0.05, 0.1) is 46.8 Å². The highest BCUT2D eigenvalue weighted by Crippen LogP contribution is 2.42. The van der Waals surface area contributed by atoms with Crippen LogP contribution >= 0.6 is 0 Å². The Morgan fingerprint density at radius 1 is 0.946 bits per heavy atom. The molecule has 0 saturated carbocycles. The molecule has 0 bridgehead atoms. The van der Waals surface area contributed by atoms with Crippen LogP contribution in [-0.4, -0.2) is 53.8 Å². The maximum Gasteiger partial charge on any atom is 0.336 e. The maximum atomic E-state index is 13.3. The van der Waals surface area contributed by atoms with E-state index in [9.17, 15) is 29.3 Å². The first kappa shape index (κ1) is 25.3. The molecule has 190 valence electrons. The molecule has 2 amide bonds. The number of nitrogens with zero attached hydrogens (tertiary/aromatic N) is 2. The molecule has 0 saturated heterocycles. The zero-order valence-corrected chi connectivity index (χ0v) is 20.3. The number of para-hydroxylation sites is 1. The second kappa shape index (κ2) is 10.1. The number of dihydropyridines is 1. The number of methoxy groups -OCH3 is 1. The lowest BCUT2D eigenvalue weighted by atomic mass is 9.79. The molecule has 0 aromatic heterocycles. The summed E-state index contributed by atoms with van der Waals surface area (Å²) in [4.78, 5) is 63.4. The highest BCUT2D eigenvalue weighted by molar-refractivity contribution is 6.21. The average molecular weight is 505 g/mol. The number of amides is 2. The van der Waals surface area contributed by atoms with Gasteiger partial charge in [-0.05, 0) is 26.0 Å². The molecule has 1 N–H and O–H groups in total. The van der Waals surface area contributed by atoms with E-state index in [2.05, 4.69) is 5.32 Å². The Morgan fingerprint density at radius 3 is 2.05 bits per heavy atom. The van der Waals surface area contributed by atoms with Crippen molar-refractivity contribution in [2.24, 2.45) is 0 Å². The number of hydrogen-bond acceptors (Lipinski definition) is 9. The Hall–Kier alpha value is -4.80. The third-order valence-electron chi connectivity index (χ3n) is 6.26. The number of rotatable bonds is 7. The number of nitro groups is 1. The van der Waals surface area contributed by atoms with E-state index in [4.69, 9.17) is 9.47 Å². The van der Waals surface area contributed by atoms with Crippen LogP contribution in [0.5, 0.6) is 0 Å². The number of carbonyl (C=O) groups excluding carboxylic acids is 4. The number of ether oxygens (including phenoxy) is 2. The number of hydrogen-bond donors (Lipinski definition) is 1. The third kappa shape index (κ3) is 4.46. The monoisotopic (exact) mass is 505 g/mol. The minimum Gasteiger partial charge on any atom is -0.466 e. The number of allylic oxidation sites excluding steroid dienone is 2. The van der Waals surface area contributed by atoms with Crippen LogP contribution in [0, 0.1) is 10.1 Å². The van der Waals surface area contributed by atoms with Gasteiger partial charge in [0, 0.05) is 23.0 Å². The van der Waals surface area contributed by atoms with Crippen molar-refractivity contribution in [1.29, 1.82) is 0 Å². The molecule has 1 unspecified atom stereocenters. The fourth-order valence-corrected chi connectivity index (χ4v) is 4.60. The summed E-state index contributed by atoms with van der Waals surface area (Å²) in [6.45, 7) is 2.68. The summed E-state index contributed by atoms with van der Waals surface area (Å²) in [6.07, 6.45) is 0. The molecule has 0 aliphatic carbocycles. The summed E-state index contributed by atoms with van der Waals surface area (Å²) < 4.78 is 10.3. The zero-order chi connectivity index (χ0) is 26.9. The number of nitro benzene ring substituents is 1. The van der Waals surface area contributed by atoms with Gasteiger partial charge in [-0.15, -0.1) is 0 Å². The van der Waals surface area contributed by atoms with Gasteiger partial charge in [-0.25, -0.2) is 9.59 Å². The molecule has 2 aliphatic rings. The molecule has 11 nitrogen and oxygen atoms in total. The number of fused-ring (bicyclic) bond motifs is 1. The van der Waals surface area contributed by atoms with E-state index in [0.29, 0.717) is 11.4 Å². The number of esters is 2.